The van der Waals surface area contributed by atoms with Crippen molar-refractivity contribution in [2.24, 2.45) is 0 Å². The first-order valence-electron chi connectivity index (χ1n) is 12.5. The van der Waals surface area contributed by atoms with Gasteiger partial charge in [0.25, 0.3) is 11.8 Å². The number of amides is 4. The zero-order chi connectivity index (χ0) is 29.1. The van der Waals surface area contributed by atoms with Gasteiger partial charge in [0, 0.05) is 25.9 Å². The summed E-state index contributed by atoms with van der Waals surface area (Å²) in [7, 11) is 0. The summed E-state index contributed by atoms with van der Waals surface area (Å²) in [4.78, 5) is 85.4. The van der Waals surface area contributed by atoms with E-state index in [1.54, 1.807) is 0 Å². The van der Waals surface area contributed by atoms with Gasteiger partial charge in [-0.15, -0.1) is 28.3 Å². The molecule has 39 heavy (non-hydrogen) atoms. The Morgan fingerprint density at radius 2 is 1.31 bits per heavy atom. The molecule has 14 nitrogen and oxygen atoms in total. The quantitative estimate of drug-likeness (QED) is 0.276. The number of halogens is 2. The van der Waals surface area contributed by atoms with E-state index in [-0.39, 0.29) is 42.5 Å². The van der Waals surface area contributed by atoms with Crippen molar-refractivity contribution in [3.05, 3.63) is 0 Å². The van der Waals surface area contributed by atoms with E-state index in [9.17, 15) is 33.6 Å². The van der Waals surface area contributed by atoms with Gasteiger partial charge in [0.05, 0.1) is 0 Å². The van der Waals surface area contributed by atoms with Crippen LogP contribution < -0.4 is 5.32 Å². The third-order valence-corrected chi connectivity index (χ3v) is 6.93. The summed E-state index contributed by atoms with van der Waals surface area (Å²) in [6.07, 6.45) is 4.26. The molecule has 0 saturated carbocycles. The molecular weight excluding hydrogens is 563 g/mol. The molecule has 0 spiro atoms. The van der Waals surface area contributed by atoms with E-state index in [0.717, 1.165) is 25.8 Å². The fourth-order valence-corrected chi connectivity index (χ4v) is 4.80. The summed E-state index contributed by atoms with van der Waals surface area (Å²) in [5.74, 6) is -4.50. The third-order valence-electron chi connectivity index (χ3n) is 6.48. The van der Waals surface area contributed by atoms with Gasteiger partial charge in [-0.25, -0.2) is 9.59 Å². The Morgan fingerprint density at radius 3 is 1.72 bits per heavy atom. The van der Waals surface area contributed by atoms with Crippen LogP contribution in [0.25, 0.3) is 0 Å². The van der Waals surface area contributed by atoms with Crippen molar-refractivity contribution < 1.29 is 48.6 Å². The second kappa shape index (κ2) is 15.6. The second-order valence-electron chi connectivity index (χ2n) is 9.08. The monoisotopic (exact) mass is 594 g/mol. The van der Waals surface area contributed by atoms with Crippen LogP contribution in [0.1, 0.15) is 51.4 Å². The molecular formula is C23H32Cl2N4O10. The van der Waals surface area contributed by atoms with Gasteiger partial charge in [0.2, 0.25) is 11.8 Å². The highest BCUT2D eigenvalue weighted by Gasteiger charge is 2.39. The molecule has 16 heteroatoms. The predicted molar refractivity (Wildman–Crippen MR) is 134 cm³/mol. The minimum Gasteiger partial charge on any atom is -0.480 e. The molecule has 0 radical (unpaired) electrons. The molecule has 0 bridgehead atoms. The number of hydrogen-bond acceptors (Lipinski definition) is 9. The van der Waals surface area contributed by atoms with E-state index in [4.69, 9.17) is 38.3 Å². The van der Waals surface area contributed by atoms with E-state index in [2.05, 4.69) is 5.32 Å². The van der Waals surface area contributed by atoms with Crippen LogP contribution >= 0.6 is 23.2 Å². The predicted octanol–water partition coefficient (Wildman–Crippen LogP) is -0.0528. The van der Waals surface area contributed by atoms with E-state index < -0.39 is 41.8 Å². The number of carbonyl (C=O) groups is 7. The van der Waals surface area contributed by atoms with Crippen LogP contribution in [0.5, 0.6) is 0 Å². The van der Waals surface area contributed by atoms with Gasteiger partial charge < -0.3 is 30.2 Å². The maximum absolute atomic E-state index is 11.9. The molecule has 4 fully saturated rings. The van der Waals surface area contributed by atoms with E-state index in [0.29, 0.717) is 37.4 Å². The highest BCUT2D eigenvalue weighted by molar-refractivity contribution is 6.27. The van der Waals surface area contributed by atoms with Crippen LogP contribution in [0, 0.1) is 0 Å². The molecule has 3 atom stereocenters. The Bertz CT molecular complexity index is 943. The maximum atomic E-state index is 11.9. The number of imide groups is 1. The Hall–Kier alpha value is -2.97. The minimum absolute atomic E-state index is 0.0428. The van der Waals surface area contributed by atoms with Crippen LogP contribution in [-0.2, 0) is 38.4 Å². The van der Waals surface area contributed by atoms with Crippen molar-refractivity contribution in [3.63, 3.8) is 0 Å². The lowest BCUT2D eigenvalue weighted by Gasteiger charge is -2.23. The van der Waals surface area contributed by atoms with Crippen LogP contribution in [0.15, 0.2) is 0 Å². The average Bonchev–Trinajstić information content (AvgIpc) is 3.73. The minimum atomic E-state index is -0.939. The van der Waals surface area contributed by atoms with Crippen molar-refractivity contribution in [2.45, 2.75) is 69.5 Å². The number of rotatable bonds is 6. The molecule has 4 saturated heterocycles. The highest BCUT2D eigenvalue weighted by atomic mass is 35.5. The van der Waals surface area contributed by atoms with E-state index >= 15 is 0 Å². The first-order valence-corrected chi connectivity index (χ1v) is 13.6. The fraction of sp³-hybridized carbons (Fsp3) is 0.696. The summed E-state index contributed by atoms with van der Waals surface area (Å²) in [5, 5.41) is 20.4. The van der Waals surface area contributed by atoms with Gasteiger partial charge in [-0.05, 0) is 45.1 Å². The van der Waals surface area contributed by atoms with Gasteiger partial charge in [0.1, 0.15) is 29.9 Å². The summed E-state index contributed by atoms with van der Waals surface area (Å²) >= 11 is 10.8. The van der Waals surface area contributed by atoms with Crippen LogP contribution in [0.2, 0.25) is 0 Å². The molecule has 0 aromatic carbocycles. The van der Waals surface area contributed by atoms with Crippen molar-refractivity contribution in [2.75, 3.05) is 31.4 Å². The van der Waals surface area contributed by atoms with Gasteiger partial charge in [-0.2, -0.15) is 0 Å². The number of carboxylic acids is 2. The molecule has 0 aliphatic carbocycles. The number of nitrogens with one attached hydrogen (secondary N) is 1. The first kappa shape index (κ1) is 32.2. The number of hydroxylamine groups is 2. The number of carbonyl (C=O) groups excluding carboxylic acids is 5. The van der Waals surface area contributed by atoms with Crippen LogP contribution in [-0.4, -0.2) is 116 Å². The summed E-state index contributed by atoms with van der Waals surface area (Å²) < 4.78 is 0. The molecule has 0 unspecified atom stereocenters. The Labute approximate surface area is 234 Å². The first-order chi connectivity index (χ1) is 18.5. The highest BCUT2D eigenvalue weighted by Crippen LogP contribution is 2.21. The van der Waals surface area contributed by atoms with Gasteiger partial charge in [0.15, 0.2) is 0 Å². The molecule has 218 valence electrons. The topological polar surface area (TPSA) is 191 Å². The Balaban J connectivity index is 0.000000227. The molecule has 0 aromatic heterocycles. The molecule has 4 aliphatic rings. The number of carboxylic acid groups (broad SMARTS) is 2. The molecule has 0 aromatic rings. The van der Waals surface area contributed by atoms with Crippen molar-refractivity contribution >= 4 is 64.7 Å². The van der Waals surface area contributed by atoms with E-state index in [1.807, 2.05) is 0 Å². The molecule has 4 rings (SSSR count). The van der Waals surface area contributed by atoms with Gasteiger partial charge in [-0.3, -0.25) is 24.0 Å². The smallest absolute Gasteiger partial charge is 0.355 e. The third kappa shape index (κ3) is 9.04. The number of nitrogens with zero attached hydrogens (tertiary/aromatic N) is 3. The van der Waals surface area contributed by atoms with Crippen molar-refractivity contribution in [1.82, 2.24) is 20.2 Å². The zero-order valence-corrected chi connectivity index (χ0v) is 22.7. The van der Waals surface area contributed by atoms with Gasteiger partial charge in [-0.1, -0.05) is 0 Å². The number of likely N-dealkylation sites (tertiary alicyclic amines) is 2. The number of aliphatic carboxylic acids is 2. The maximum Gasteiger partial charge on any atom is 0.355 e. The van der Waals surface area contributed by atoms with E-state index in [1.165, 1.54) is 9.80 Å². The van der Waals surface area contributed by atoms with Crippen molar-refractivity contribution in [3.8, 4) is 0 Å². The molecule has 4 amide bonds. The average molecular weight is 595 g/mol. The Morgan fingerprint density at radius 1 is 0.795 bits per heavy atom. The van der Waals surface area contributed by atoms with Crippen molar-refractivity contribution in [1.29, 1.82) is 0 Å². The van der Waals surface area contributed by atoms with Crippen LogP contribution in [0.3, 0.4) is 0 Å². The molecule has 3 N–H and O–H groups in total. The lowest BCUT2D eigenvalue weighted by molar-refractivity contribution is -0.200. The molecule has 4 aliphatic heterocycles. The molecule has 4 heterocycles. The lowest BCUT2D eigenvalue weighted by atomic mass is 10.2. The van der Waals surface area contributed by atoms with Crippen LogP contribution in [0.4, 0.5) is 0 Å². The summed E-state index contributed by atoms with van der Waals surface area (Å²) in [6, 6.07) is -1.70. The SMILES string of the molecule is O=C(O)[C@@H]1CCCN1.O=C(O)[C@@H]1CCCN1C(=O)CCl.O=C(ON1C(=O)CCC1=O)[C@@H]1CCCN1C(=O)CCl. The lowest BCUT2D eigenvalue weighted by Crippen LogP contribution is -2.45. The normalized spacial score (nSPS) is 24.1. The Kier molecular flexibility index (Phi) is 12.9. The fourth-order valence-electron chi connectivity index (χ4n) is 4.49. The largest absolute Gasteiger partial charge is 0.480 e. The second-order valence-corrected chi connectivity index (χ2v) is 9.61. The zero-order valence-electron chi connectivity index (χ0n) is 21.2. The number of hydrogen-bond donors (Lipinski definition) is 3. The summed E-state index contributed by atoms with van der Waals surface area (Å²) in [6.45, 7) is 1.80. The van der Waals surface area contributed by atoms with Gasteiger partial charge >= 0.3 is 17.9 Å². The summed E-state index contributed by atoms with van der Waals surface area (Å²) in [5.41, 5.74) is 0. The number of alkyl halides is 2. The standard InChI is InChI=1S/C11H13ClN2O5.C7H10ClNO3.C5H9NO2/c12-6-10(17)13-5-1-2-7(13)11(18)19-14-8(15)3-4-9(14)16;8-4-6(10)9-3-1-2-5(9)7(11)12;7-5(8)4-2-1-3-6-4/h7H,1-6H2;5H,1-4H2,(H,11,12);4,6H,1-3H2,(H,7,8)/t7-;5-;4-/m000/s1.